The minimum absolute atomic E-state index is 0.337. The highest BCUT2D eigenvalue weighted by Crippen LogP contribution is 2.57. The number of unbranched alkanes of at least 4 members (excludes halogenated alkanes) is 2. The molecule has 1 N–H and O–H groups in total. The van der Waals surface area contributed by atoms with Crippen molar-refractivity contribution in [2.45, 2.75) is 104 Å². The van der Waals surface area contributed by atoms with E-state index in [9.17, 15) is 9.18 Å². The Labute approximate surface area is 456 Å². The number of rotatable bonds is 16. The number of ether oxygens (including phenoxy) is 2. The number of anilines is 2. The van der Waals surface area contributed by atoms with Crippen LogP contribution in [-0.4, -0.2) is 32.7 Å². The summed E-state index contributed by atoms with van der Waals surface area (Å²) < 4.78 is 43.5. The van der Waals surface area contributed by atoms with Crippen molar-refractivity contribution in [2.24, 2.45) is 5.92 Å². The second-order valence-corrected chi connectivity index (χ2v) is 20.6. The van der Waals surface area contributed by atoms with Gasteiger partial charge in [0.2, 0.25) is 6.41 Å². The molecule has 5 nitrogen and oxygen atoms in total. The molecule has 1 fully saturated rings. The minimum atomic E-state index is -0.953. The zero-order valence-electron chi connectivity index (χ0n) is 45.8. The lowest BCUT2D eigenvalue weighted by molar-refractivity contribution is -0.105. The van der Waals surface area contributed by atoms with Crippen molar-refractivity contribution in [3.05, 3.63) is 214 Å². The largest absolute Gasteiger partial charge is 0.472 e. The van der Waals surface area contributed by atoms with Gasteiger partial charge in [-0.15, -0.1) is 0 Å². The van der Waals surface area contributed by atoms with E-state index in [-0.39, 0.29) is 5.92 Å². The standard InChI is InChI=1S/C44H34F2N2O3.C24H34.C2H6/c1-27-40-38(24-32(45)25-39(40)46)42-37-23-29(28-7-12-33(13-8-28)47-26-49)9-16-35(37)43-36(41(27)42)17-18-44(51-43,30-5-3-2-4-6-30)31-10-14-34(15-11-31)48-19-21-50-22-20-48;1-4-6-7-9-21(8-5-2)12-13-22-14-18-24(19-15-22)23-16-10-20(3)11-17-23;1-2/h2-18,23-27H,19-22H2,1H3,(H,47,49);10-11,14-19,21H,4-9,12-13H2,1-3H3;1-2H3. The number of hydrogen-bond donors (Lipinski definition) is 1. The molecule has 0 spiro atoms. The van der Waals surface area contributed by atoms with E-state index in [1.54, 1.807) is 0 Å². The lowest BCUT2D eigenvalue weighted by atomic mass is 9.81. The first-order valence-electron chi connectivity index (χ1n) is 28.1. The minimum Gasteiger partial charge on any atom is -0.472 e. The monoisotopic (exact) mass is 1030 g/mol. The Hall–Kier alpha value is -7.35. The van der Waals surface area contributed by atoms with Crippen LogP contribution in [0.3, 0.4) is 0 Å². The van der Waals surface area contributed by atoms with Crippen LogP contribution in [0.5, 0.6) is 5.75 Å². The van der Waals surface area contributed by atoms with E-state index in [0.717, 1.165) is 80.5 Å². The van der Waals surface area contributed by atoms with Crippen LogP contribution < -0.4 is 15.0 Å². The molecule has 1 amide bonds. The molecule has 8 aromatic carbocycles. The van der Waals surface area contributed by atoms with Gasteiger partial charge in [-0.25, -0.2) is 8.78 Å². The first-order valence-corrected chi connectivity index (χ1v) is 28.1. The number of fused-ring (bicyclic) bond motifs is 8. The molecule has 11 rings (SSSR count). The Bertz CT molecular complexity index is 3270. The third kappa shape index (κ3) is 11.8. The zero-order valence-corrected chi connectivity index (χ0v) is 45.8. The molecule has 3 unspecified atom stereocenters. The average Bonchev–Trinajstić information content (AvgIpc) is 4.05. The molecule has 1 saturated heterocycles. The molecular formula is C70H74F2N2O3. The number of halogens is 2. The molecule has 2 aliphatic heterocycles. The third-order valence-corrected chi connectivity index (χ3v) is 15.7. The van der Waals surface area contributed by atoms with Crippen molar-refractivity contribution in [3.63, 3.8) is 0 Å². The van der Waals surface area contributed by atoms with E-state index < -0.39 is 17.2 Å². The molecule has 3 atom stereocenters. The summed E-state index contributed by atoms with van der Waals surface area (Å²) in [5, 5.41) is 4.39. The summed E-state index contributed by atoms with van der Waals surface area (Å²) in [6.07, 6.45) is 15.7. The maximum Gasteiger partial charge on any atom is 0.211 e. The summed E-state index contributed by atoms with van der Waals surface area (Å²) in [6.45, 7) is 15.8. The lowest BCUT2D eigenvalue weighted by Gasteiger charge is -2.38. The highest BCUT2D eigenvalue weighted by atomic mass is 19.1. The SMILES string of the molecule is CC.CC1c2c(F)cc(F)cc2-c2c1c1c(c3ccc(-c4ccc(NC=O)cc4)cc23)OC(c2ccccc2)(c2ccc(N3CCOCC3)cc2)C=C1.CCCCCC(CCC)CCc1ccc(-c2ccc(C)cc2)cc1. The Morgan fingerprint density at radius 3 is 2.01 bits per heavy atom. The van der Waals surface area contributed by atoms with Crippen molar-refractivity contribution < 1.29 is 23.0 Å². The van der Waals surface area contributed by atoms with Gasteiger partial charge in [0.1, 0.15) is 17.4 Å². The molecule has 77 heavy (non-hydrogen) atoms. The normalized spacial score (nSPS) is 16.4. The summed E-state index contributed by atoms with van der Waals surface area (Å²) in [5.41, 5.74) is 13.8. The van der Waals surface area contributed by atoms with E-state index in [2.05, 4.69) is 140 Å². The van der Waals surface area contributed by atoms with Crippen LogP contribution in [0.2, 0.25) is 0 Å². The van der Waals surface area contributed by atoms with Crippen molar-refractivity contribution in [1.29, 1.82) is 0 Å². The summed E-state index contributed by atoms with van der Waals surface area (Å²) in [6, 6.07) is 53.0. The van der Waals surface area contributed by atoms with Gasteiger partial charge in [-0.2, -0.15) is 0 Å². The Morgan fingerprint density at radius 1 is 0.688 bits per heavy atom. The molecule has 8 aromatic rings. The first kappa shape index (κ1) is 54.4. The average molecular weight is 1030 g/mol. The van der Waals surface area contributed by atoms with Gasteiger partial charge >= 0.3 is 0 Å². The molecule has 0 bridgehead atoms. The topological polar surface area (TPSA) is 50.8 Å². The van der Waals surface area contributed by atoms with Crippen LogP contribution in [0, 0.1) is 24.5 Å². The van der Waals surface area contributed by atoms with Crippen molar-refractivity contribution in [2.75, 3.05) is 36.5 Å². The van der Waals surface area contributed by atoms with Gasteiger partial charge in [-0.1, -0.05) is 194 Å². The fourth-order valence-electron chi connectivity index (χ4n) is 11.7. The molecule has 2 heterocycles. The van der Waals surface area contributed by atoms with E-state index in [1.165, 1.54) is 79.7 Å². The highest BCUT2D eigenvalue weighted by Gasteiger charge is 2.42. The van der Waals surface area contributed by atoms with Gasteiger partial charge < -0.3 is 19.7 Å². The molecule has 3 aliphatic rings. The van der Waals surface area contributed by atoms with E-state index in [0.29, 0.717) is 42.2 Å². The number of nitrogens with zero attached hydrogens (tertiary/aromatic N) is 1. The van der Waals surface area contributed by atoms with E-state index in [1.807, 2.05) is 69.3 Å². The van der Waals surface area contributed by atoms with Gasteiger partial charge in [0.25, 0.3) is 0 Å². The van der Waals surface area contributed by atoms with Crippen molar-refractivity contribution in [1.82, 2.24) is 0 Å². The second kappa shape index (κ2) is 25.2. The fourth-order valence-corrected chi connectivity index (χ4v) is 11.7. The predicted octanol–water partition coefficient (Wildman–Crippen LogP) is 18.3. The molecule has 1 aliphatic carbocycles. The predicted molar refractivity (Wildman–Crippen MR) is 317 cm³/mol. The van der Waals surface area contributed by atoms with Crippen LogP contribution in [0.1, 0.15) is 124 Å². The van der Waals surface area contributed by atoms with Gasteiger partial charge in [0.15, 0.2) is 5.60 Å². The van der Waals surface area contributed by atoms with Crippen LogP contribution in [0.4, 0.5) is 20.2 Å². The van der Waals surface area contributed by atoms with Gasteiger partial charge in [-0.3, -0.25) is 4.79 Å². The van der Waals surface area contributed by atoms with Crippen LogP contribution in [0.15, 0.2) is 164 Å². The molecule has 0 radical (unpaired) electrons. The Morgan fingerprint density at radius 2 is 1.34 bits per heavy atom. The van der Waals surface area contributed by atoms with Crippen LogP contribution in [-0.2, 0) is 21.6 Å². The quantitative estimate of drug-likeness (QED) is 0.0774. The first-order chi connectivity index (χ1) is 37.7. The van der Waals surface area contributed by atoms with Crippen molar-refractivity contribution in [3.8, 4) is 39.1 Å². The summed E-state index contributed by atoms with van der Waals surface area (Å²) >= 11 is 0. The number of hydrogen-bond acceptors (Lipinski definition) is 4. The Kier molecular flexibility index (Phi) is 17.8. The fraction of sp³-hybridized carbons (Fsp3) is 0.300. The molecular weight excluding hydrogens is 955 g/mol. The Balaban J connectivity index is 0.000000234. The molecule has 0 aromatic heterocycles. The second-order valence-electron chi connectivity index (χ2n) is 20.6. The highest BCUT2D eigenvalue weighted by molar-refractivity contribution is 6.09. The molecule has 396 valence electrons. The third-order valence-electron chi connectivity index (χ3n) is 15.7. The summed E-state index contributed by atoms with van der Waals surface area (Å²) in [4.78, 5) is 13.3. The number of nitrogens with one attached hydrogen (secondary N) is 1. The van der Waals surface area contributed by atoms with Gasteiger partial charge in [-0.05, 0) is 124 Å². The zero-order chi connectivity index (χ0) is 53.9. The number of benzene rings is 8. The van der Waals surface area contributed by atoms with Gasteiger partial charge in [0, 0.05) is 64.1 Å². The summed E-state index contributed by atoms with van der Waals surface area (Å²) in [5.74, 6) is 0.117. The number of morpholine rings is 1. The van der Waals surface area contributed by atoms with Crippen LogP contribution in [0.25, 0.3) is 50.2 Å². The number of aryl methyl sites for hydroxylation is 2. The number of carbonyl (C=O) groups excluding carboxylic acids is 1. The van der Waals surface area contributed by atoms with E-state index in [4.69, 9.17) is 9.47 Å². The lowest BCUT2D eigenvalue weighted by Crippen LogP contribution is -2.37. The maximum absolute atomic E-state index is 15.6. The van der Waals surface area contributed by atoms with E-state index >= 15 is 4.39 Å². The van der Waals surface area contributed by atoms with Crippen LogP contribution >= 0.6 is 0 Å². The van der Waals surface area contributed by atoms with Crippen molar-refractivity contribution >= 4 is 34.6 Å². The number of amides is 1. The number of carbonyl (C=O) groups is 1. The smallest absolute Gasteiger partial charge is 0.211 e. The molecule has 7 heteroatoms. The molecule has 0 saturated carbocycles. The van der Waals surface area contributed by atoms with Gasteiger partial charge in [0.05, 0.1) is 13.2 Å². The maximum atomic E-state index is 15.6. The summed E-state index contributed by atoms with van der Waals surface area (Å²) in [7, 11) is 0.